The number of allylic oxidation sites excluding steroid dienone is 2. The molecule has 4 N–H and O–H groups in total. The molecule has 1 aliphatic heterocycles. The molecule has 184 valence electrons. The first-order valence-corrected chi connectivity index (χ1v) is 13.4. The lowest BCUT2D eigenvalue weighted by Gasteiger charge is -2.63. The Morgan fingerprint density at radius 1 is 1.12 bits per heavy atom. The Morgan fingerprint density at radius 2 is 1.97 bits per heavy atom. The molecule has 0 aromatic heterocycles. The van der Waals surface area contributed by atoms with E-state index in [0.29, 0.717) is 23.7 Å². The number of hydrogen-bond acceptors (Lipinski definition) is 6. The number of nitrogens with one attached hydrogen (secondary N) is 2. The molecule has 0 bridgehead atoms. The van der Waals surface area contributed by atoms with Crippen LogP contribution in [-0.2, 0) is 0 Å². The van der Waals surface area contributed by atoms with Crippen LogP contribution in [0, 0.1) is 34.5 Å². The van der Waals surface area contributed by atoms with Gasteiger partial charge in [0, 0.05) is 24.7 Å². The van der Waals surface area contributed by atoms with Gasteiger partial charge < -0.3 is 15.5 Å². The van der Waals surface area contributed by atoms with E-state index in [-0.39, 0.29) is 16.9 Å². The zero-order valence-electron chi connectivity index (χ0n) is 20.8. The minimum Gasteiger partial charge on any atom is -0.393 e. The molecular weight excluding hydrogens is 412 g/mol. The van der Waals surface area contributed by atoms with Crippen molar-refractivity contribution in [1.29, 1.82) is 0 Å². The Balaban J connectivity index is 1.31. The fraction of sp³-hybridized carbons (Fsp3) is 0.852. The average molecular weight is 457 g/mol. The van der Waals surface area contributed by atoms with Gasteiger partial charge in [0.25, 0.3) is 0 Å². The van der Waals surface area contributed by atoms with Crippen LogP contribution in [0.2, 0.25) is 0 Å². The molecule has 5 rings (SSSR count). The van der Waals surface area contributed by atoms with E-state index in [1.165, 1.54) is 12.8 Å². The Morgan fingerprint density at radius 3 is 2.76 bits per heavy atom. The van der Waals surface area contributed by atoms with Crippen molar-refractivity contribution in [2.75, 3.05) is 13.1 Å². The van der Waals surface area contributed by atoms with Crippen LogP contribution in [0.25, 0.3) is 0 Å². The van der Waals surface area contributed by atoms with E-state index in [4.69, 9.17) is 0 Å². The smallest absolute Gasteiger partial charge is 0.212 e. The van der Waals surface area contributed by atoms with Crippen LogP contribution >= 0.6 is 0 Å². The Labute approximate surface area is 199 Å². The van der Waals surface area contributed by atoms with Gasteiger partial charge in [0.05, 0.1) is 11.7 Å². The third kappa shape index (κ3) is 3.85. The molecule has 1 heterocycles. The molecule has 33 heavy (non-hydrogen) atoms. The first-order chi connectivity index (χ1) is 15.8. The summed E-state index contributed by atoms with van der Waals surface area (Å²) in [6.07, 6.45) is 14.8. The largest absolute Gasteiger partial charge is 0.393 e. The van der Waals surface area contributed by atoms with Gasteiger partial charge in [0.1, 0.15) is 0 Å². The zero-order chi connectivity index (χ0) is 23.3. The monoisotopic (exact) mass is 456 g/mol. The van der Waals surface area contributed by atoms with Crippen LogP contribution in [0.5, 0.6) is 0 Å². The second kappa shape index (κ2) is 8.67. The summed E-state index contributed by atoms with van der Waals surface area (Å²) in [6, 6.07) is 0. The zero-order valence-corrected chi connectivity index (χ0v) is 20.8. The fourth-order valence-electron chi connectivity index (χ4n) is 8.67. The predicted octanol–water partition coefficient (Wildman–Crippen LogP) is 3.99. The van der Waals surface area contributed by atoms with E-state index in [9.17, 15) is 10.2 Å². The molecule has 5 aliphatic rings. The van der Waals surface area contributed by atoms with Crippen molar-refractivity contribution in [2.45, 2.75) is 96.7 Å². The van der Waals surface area contributed by atoms with Crippen molar-refractivity contribution in [1.82, 2.24) is 10.7 Å². The minimum atomic E-state index is -0.572. The van der Waals surface area contributed by atoms with Gasteiger partial charge in [-0.2, -0.15) is 5.10 Å². The van der Waals surface area contributed by atoms with Crippen molar-refractivity contribution >= 4 is 12.2 Å². The first kappa shape index (κ1) is 23.3. The van der Waals surface area contributed by atoms with Gasteiger partial charge in [-0.25, -0.2) is 5.43 Å². The maximum absolute atomic E-state index is 12.3. The molecule has 0 radical (unpaired) electrons. The number of hydrogen-bond donors (Lipinski definition) is 4. The number of nitrogens with zero attached hydrogens (tertiary/aromatic N) is 2. The van der Waals surface area contributed by atoms with Crippen LogP contribution in [0.4, 0.5) is 0 Å². The molecule has 4 fully saturated rings. The van der Waals surface area contributed by atoms with Gasteiger partial charge in [-0.3, -0.25) is 4.99 Å². The number of hydrazone groups is 1. The molecule has 0 spiro atoms. The summed E-state index contributed by atoms with van der Waals surface area (Å²) >= 11 is 0. The topological polar surface area (TPSA) is 89.2 Å². The maximum atomic E-state index is 12.3. The van der Waals surface area contributed by atoms with Gasteiger partial charge in [0.15, 0.2) is 0 Å². The summed E-state index contributed by atoms with van der Waals surface area (Å²) in [5.41, 5.74) is 3.82. The van der Waals surface area contributed by atoms with Crippen molar-refractivity contribution in [2.24, 2.45) is 44.6 Å². The van der Waals surface area contributed by atoms with E-state index in [1.54, 1.807) is 0 Å². The third-order valence-electron chi connectivity index (χ3n) is 10.7. The number of rotatable bonds is 3. The van der Waals surface area contributed by atoms with E-state index in [0.717, 1.165) is 76.0 Å². The highest BCUT2D eigenvalue weighted by Crippen LogP contribution is 2.69. The molecule has 0 amide bonds. The van der Waals surface area contributed by atoms with Gasteiger partial charge in [-0.05, 0) is 106 Å². The highest BCUT2D eigenvalue weighted by Gasteiger charge is 2.66. The number of guanidine groups is 1. The Kier molecular flexibility index (Phi) is 6.14. The molecular formula is C27H44N4O2. The molecule has 0 saturated heterocycles. The summed E-state index contributed by atoms with van der Waals surface area (Å²) in [7, 11) is 0. The van der Waals surface area contributed by atoms with E-state index >= 15 is 0 Å². The number of aliphatic imine (C=N–C) groups is 1. The highest BCUT2D eigenvalue weighted by molar-refractivity contribution is 5.83. The third-order valence-corrected chi connectivity index (χ3v) is 10.7. The molecule has 6 heteroatoms. The molecule has 6 nitrogen and oxygen atoms in total. The highest BCUT2D eigenvalue weighted by atomic mass is 16.3. The van der Waals surface area contributed by atoms with Crippen LogP contribution in [0.15, 0.2) is 21.7 Å². The van der Waals surface area contributed by atoms with Gasteiger partial charge >= 0.3 is 0 Å². The first-order valence-electron chi connectivity index (χ1n) is 13.4. The quantitative estimate of drug-likeness (QED) is 0.382. The summed E-state index contributed by atoms with van der Waals surface area (Å²) < 4.78 is 0. The summed E-state index contributed by atoms with van der Waals surface area (Å²) in [4.78, 5) is 4.39. The van der Waals surface area contributed by atoms with Crippen LogP contribution in [0.3, 0.4) is 0 Å². The van der Waals surface area contributed by atoms with Gasteiger partial charge in [-0.1, -0.05) is 19.9 Å². The summed E-state index contributed by atoms with van der Waals surface area (Å²) in [6.45, 7) is 8.75. The van der Waals surface area contributed by atoms with E-state index < -0.39 is 5.60 Å². The van der Waals surface area contributed by atoms with Gasteiger partial charge in [0.2, 0.25) is 5.96 Å². The molecule has 0 unspecified atom stereocenters. The SMILES string of the molecule is CC(/C=N/NC1=NCCCN1)=C\[C@H]1CC[C@]2(O)[C@@H]3CC[C@@H]4C[C@@H](O)CC[C@]4(C)[C@H]3CC[C@]12C. The standard InChI is InChI=1S/C27H44N4O2/c1-18(17-30-31-24-28-13-4-14-29-24)15-20-7-12-27(33)23-6-5-19-16-21(32)8-10-25(19,2)22(23)9-11-26(20,27)3/h15,17,19-23,32-33H,4-14,16H2,1-3H3,(H2,28,29,31)/b18-15+,30-17+/t19-,20-,21+,22+,23-,25+,26-,27+/m1/s1. The lowest BCUT2D eigenvalue weighted by Crippen LogP contribution is -2.62. The van der Waals surface area contributed by atoms with Crippen molar-refractivity contribution in [3.05, 3.63) is 11.6 Å². The van der Waals surface area contributed by atoms with Crippen molar-refractivity contribution in [3.8, 4) is 0 Å². The number of aliphatic hydroxyl groups is 2. The fourth-order valence-corrected chi connectivity index (χ4v) is 8.67. The van der Waals surface area contributed by atoms with Gasteiger partial charge in [-0.15, -0.1) is 0 Å². The van der Waals surface area contributed by atoms with Crippen LogP contribution in [0.1, 0.15) is 85.0 Å². The van der Waals surface area contributed by atoms with Crippen molar-refractivity contribution < 1.29 is 10.2 Å². The van der Waals surface area contributed by atoms with Crippen LogP contribution in [-0.4, -0.2) is 47.2 Å². The normalized spacial score (nSPS) is 47.8. The second-order valence-corrected chi connectivity index (χ2v) is 12.2. The van der Waals surface area contributed by atoms with E-state index in [1.807, 2.05) is 6.21 Å². The molecule has 0 aromatic rings. The number of fused-ring (bicyclic) bond motifs is 5. The average Bonchev–Trinajstić information content (AvgIpc) is 3.06. The van der Waals surface area contributed by atoms with Crippen molar-refractivity contribution in [3.63, 3.8) is 0 Å². The Hall–Kier alpha value is -1.40. The molecule has 4 saturated carbocycles. The summed E-state index contributed by atoms with van der Waals surface area (Å²) in [5.74, 6) is 2.77. The predicted molar refractivity (Wildman–Crippen MR) is 133 cm³/mol. The van der Waals surface area contributed by atoms with E-state index in [2.05, 4.69) is 47.7 Å². The summed E-state index contributed by atoms with van der Waals surface area (Å²) in [5, 5.41) is 30.2. The maximum Gasteiger partial charge on any atom is 0.212 e. The lowest BCUT2D eigenvalue weighted by atomic mass is 9.43. The lowest BCUT2D eigenvalue weighted by molar-refractivity contribution is -0.207. The van der Waals surface area contributed by atoms with Crippen LogP contribution < -0.4 is 10.7 Å². The molecule has 8 atom stereocenters. The molecule has 0 aromatic carbocycles. The molecule has 4 aliphatic carbocycles. The second-order valence-electron chi connectivity index (χ2n) is 12.2. The minimum absolute atomic E-state index is 0.0664. The number of aliphatic hydroxyl groups excluding tert-OH is 1. The Bertz CT molecular complexity index is 840.